The number of nitrogens with zero attached hydrogens (tertiary/aromatic N) is 1. The van der Waals surface area contributed by atoms with Crippen LogP contribution in [0.2, 0.25) is 0 Å². The molecule has 22 heavy (non-hydrogen) atoms. The normalized spacial score (nSPS) is 20.6. The van der Waals surface area contributed by atoms with Crippen LogP contribution in [0, 0.1) is 19.3 Å². The number of carbonyl (C=O) groups is 1. The number of nitrogens with two attached hydrogens (primary N) is 1. The molecule has 1 fully saturated rings. The third-order valence-corrected chi connectivity index (χ3v) is 4.53. The van der Waals surface area contributed by atoms with E-state index in [4.69, 9.17) is 10.5 Å². The molecule has 0 aromatic heterocycles. The zero-order valence-corrected chi connectivity index (χ0v) is 14.5. The molecule has 0 saturated carbocycles. The molecule has 0 bridgehead atoms. The second kappa shape index (κ2) is 7.84. The molecule has 0 radical (unpaired) electrons. The van der Waals surface area contributed by atoms with Gasteiger partial charge in [0.2, 0.25) is 5.91 Å². The lowest BCUT2D eigenvalue weighted by molar-refractivity contribution is -0.131. The first-order chi connectivity index (χ1) is 9.95. The first kappa shape index (κ1) is 18.8. The average Bonchev–Trinajstić information content (AvgIpc) is 2.87. The van der Waals surface area contributed by atoms with Crippen LogP contribution in [-0.2, 0) is 4.79 Å². The van der Waals surface area contributed by atoms with E-state index in [2.05, 4.69) is 19.9 Å². The van der Waals surface area contributed by atoms with Gasteiger partial charge >= 0.3 is 0 Å². The van der Waals surface area contributed by atoms with Crippen LogP contribution in [0.15, 0.2) is 18.2 Å². The quantitative estimate of drug-likeness (QED) is 0.905. The van der Waals surface area contributed by atoms with Gasteiger partial charge < -0.3 is 15.4 Å². The fourth-order valence-electron chi connectivity index (χ4n) is 2.69. The van der Waals surface area contributed by atoms with Crippen molar-refractivity contribution in [1.29, 1.82) is 0 Å². The second-order valence-corrected chi connectivity index (χ2v) is 6.38. The Morgan fingerprint density at radius 2 is 2.14 bits per heavy atom. The molecule has 1 aliphatic heterocycles. The Balaban J connectivity index is 0.00000242. The van der Waals surface area contributed by atoms with Crippen LogP contribution in [-0.4, -0.2) is 37.0 Å². The Labute approximate surface area is 139 Å². The van der Waals surface area contributed by atoms with Crippen molar-refractivity contribution >= 4 is 18.3 Å². The lowest BCUT2D eigenvalue weighted by atomic mass is 9.90. The molecular formula is C17H27ClN2O2. The second-order valence-electron chi connectivity index (χ2n) is 6.38. The molecule has 1 aromatic carbocycles. The van der Waals surface area contributed by atoms with E-state index in [1.807, 2.05) is 24.0 Å². The smallest absolute Gasteiger partial charge is 0.226 e. The van der Waals surface area contributed by atoms with E-state index < -0.39 is 0 Å². The number of carbonyl (C=O) groups excluding carboxylic acids is 1. The summed E-state index contributed by atoms with van der Waals surface area (Å²) in [5, 5.41) is 0. The number of halogens is 1. The fourth-order valence-corrected chi connectivity index (χ4v) is 2.69. The van der Waals surface area contributed by atoms with Crippen LogP contribution in [0.5, 0.6) is 5.75 Å². The van der Waals surface area contributed by atoms with Gasteiger partial charge in [0, 0.05) is 13.1 Å². The van der Waals surface area contributed by atoms with Crippen molar-refractivity contribution in [3.63, 3.8) is 0 Å². The van der Waals surface area contributed by atoms with E-state index in [0.29, 0.717) is 19.6 Å². The molecule has 0 aliphatic carbocycles. The van der Waals surface area contributed by atoms with Gasteiger partial charge in [-0.1, -0.05) is 19.1 Å². The molecule has 1 aromatic rings. The summed E-state index contributed by atoms with van der Waals surface area (Å²) in [6.07, 6.45) is 1.42. The van der Waals surface area contributed by atoms with Gasteiger partial charge in [0.15, 0.2) is 0 Å². The number of hydrogen-bond acceptors (Lipinski definition) is 3. The van der Waals surface area contributed by atoms with Crippen molar-refractivity contribution in [2.75, 3.05) is 26.2 Å². The molecule has 1 aliphatic rings. The summed E-state index contributed by atoms with van der Waals surface area (Å²) in [4.78, 5) is 14.1. The first-order valence-corrected chi connectivity index (χ1v) is 7.62. The Morgan fingerprint density at radius 3 is 2.77 bits per heavy atom. The minimum absolute atomic E-state index is 0. The summed E-state index contributed by atoms with van der Waals surface area (Å²) < 4.78 is 5.75. The van der Waals surface area contributed by atoms with Gasteiger partial charge in [0.25, 0.3) is 0 Å². The summed E-state index contributed by atoms with van der Waals surface area (Å²) in [5.41, 5.74) is 8.21. The first-order valence-electron chi connectivity index (χ1n) is 7.62. The van der Waals surface area contributed by atoms with E-state index in [-0.39, 0.29) is 23.7 Å². The minimum Gasteiger partial charge on any atom is -0.493 e. The summed E-state index contributed by atoms with van der Waals surface area (Å²) in [6, 6.07) is 5.99. The number of rotatable bonds is 5. The van der Waals surface area contributed by atoms with Gasteiger partial charge in [0.1, 0.15) is 5.75 Å². The van der Waals surface area contributed by atoms with E-state index in [1.54, 1.807) is 0 Å². The van der Waals surface area contributed by atoms with Crippen molar-refractivity contribution in [3.8, 4) is 5.75 Å². The highest BCUT2D eigenvalue weighted by Crippen LogP contribution is 2.28. The minimum atomic E-state index is 0. The molecule has 2 rings (SSSR count). The number of amides is 1. The lowest BCUT2D eigenvalue weighted by Gasteiger charge is -2.22. The monoisotopic (exact) mass is 326 g/mol. The van der Waals surface area contributed by atoms with Crippen LogP contribution in [0.1, 0.15) is 30.9 Å². The van der Waals surface area contributed by atoms with Crippen molar-refractivity contribution < 1.29 is 9.53 Å². The Bertz CT molecular complexity index is 521. The molecule has 124 valence electrons. The van der Waals surface area contributed by atoms with Gasteiger partial charge in [-0.3, -0.25) is 4.79 Å². The van der Waals surface area contributed by atoms with E-state index in [9.17, 15) is 4.79 Å². The molecule has 5 heteroatoms. The zero-order valence-electron chi connectivity index (χ0n) is 13.7. The number of likely N-dealkylation sites (tertiary alicyclic amines) is 1. The largest absolute Gasteiger partial charge is 0.493 e. The van der Waals surface area contributed by atoms with Crippen LogP contribution < -0.4 is 10.5 Å². The molecule has 1 saturated heterocycles. The summed E-state index contributed by atoms with van der Waals surface area (Å²) >= 11 is 0. The zero-order chi connectivity index (χ0) is 15.5. The molecule has 1 amide bonds. The van der Waals surface area contributed by atoms with Crippen molar-refractivity contribution in [2.45, 2.75) is 33.6 Å². The number of aryl methyl sites for hydroxylation is 1. The molecule has 1 heterocycles. The van der Waals surface area contributed by atoms with Gasteiger partial charge in [0.05, 0.1) is 13.0 Å². The van der Waals surface area contributed by atoms with Crippen LogP contribution >= 0.6 is 12.4 Å². The maximum absolute atomic E-state index is 12.2. The standard InChI is InChI=1S/C17H26N2O2.ClH/c1-13-5-4-6-15(14(13)2)21-10-7-16(20)19-9-8-17(3,11-18)12-19;/h4-6H,7-12,18H2,1-3H3;1H. The van der Waals surface area contributed by atoms with Crippen molar-refractivity contribution in [1.82, 2.24) is 4.90 Å². The SMILES string of the molecule is Cc1cccc(OCCC(=O)N2CCC(C)(CN)C2)c1C.Cl. The fraction of sp³-hybridized carbons (Fsp3) is 0.588. The number of hydrogen-bond donors (Lipinski definition) is 1. The van der Waals surface area contributed by atoms with Crippen LogP contribution in [0.3, 0.4) is 0 Å². The third kappa shape index (κ3) is 4.37. The summed E-state index contributed by atoms with van der Waals surface area (Å²) in [5.74, 6) is 1.04. The van der Waals surface area contributed by atoms with Gasteiger partial charge in [-0.05, 0) is 49.4 Å². The third-order valence-electron chi connectivity index (χ3n) is 4.53. The maximum atomic E-state index is 12.2. The van der Waals surface area contributed by atoms with E-state index in [1.165, 1.54) is 5.56 Å². The highest BCUT2D eigenvalue weighted by atomic mass is 35.5. The van der Waals surface area contributed by atoms with Crippen molar-refractivity contribution in [2.24, 2.45) is 11.1 Å². The van der Waals surface area contributed by atoms with Gasteiger partial charge in [-0.25, -0.2) is 0 Å². The van der Waals surface area contributed by atoms with Gasteiger partial charge in [-0.15, -0.1) is 12.4 Å². The highest BCUT2D eigenvalue weighted by molar-refractivity contribution is 5.85. The molecule has 1 unspecified atom stereocenters. The van der Waals surface area contributed by atoms with Crippen LogP contribution in [0.25, 0.3) is 0 Å². The Morgan fingerprint density at radius 1 is 1.41 bits per heavy atom. The van der Waals surface area contributed by atoms with Gasteiger partial charge in [-0.2, -0.15) is 0 Å². The number of ether oxygens (including phenoxy) is 1. The van der Waals surface area contributed by atoms with Crippen molar-refractivity contribution in [3.05, 3.63) is 29.3 Å². The Kier molecular flexibility index (Phi) is 6.69. The molecule has 4 nitrogen and oxygen atoms in total. The topological polar surface area (TPSA) is 55.6 Å². The Hall–Kier alpha value is -1.26. The average molecular weight is 327 g/mol. The highest BCUT2D eigenvalue weighted by Gasteiger charge is 2.34. The maximum Gasteiger partial charge on any atom is 0.226 e. The van der Waals surface area contributed by atoms with Crippen LogP contribution in [0.4, 0.5) is 0 Å². The molecule has 2 N–H and O–H groups in total. The van der Waals surface area contributed by atoms with E-state index in [0.717, 1.165) is 30.8 Å². The molecule has 0 spiro atoms. The molecular weight excluding hydrogens is 300 g/mol. The lowest BCUT2D eigenvalue weighted by Crippen LogP contribution is -2.35. The predicted octanol–water partition coefficient (Wildman–Crippen LogP) is 2.69. The number of benzene rings is 1. The summed E-state index contributed by atoms with van der Waals surface area (Å²) in [6.45, 7) is 8.90. The summed E-state index contributed by atoms with van der Waals surface area (Å²) in [7, 11) is 0. The molecule has 1 atom stereocenters. The predicted molar refractivity (Wildman–Crippen MR) is 91.6 cm³/mol. The van der Waals surface area contributed by atoms with E-state index >= 15 is 0 Å².